The molecule has 0 saturated heterocycles. The van der Waals surface area contributed by atoms with E-state index in [0.29, 0.717) is 37.0 Å². The van der Waals surface area contributed by atoms with Crippen molar-refractivity contribution in [3.63, 3.8) is 0 Å². The summed E-state index contributed by atoms with van der Waals surface area (Å²) in [7, 11) is 0. The van der Waals surface area contributed by atoms with Crippen molar-refractivity contribution in [3.8, 4) is 0 Å². The number of hydrogen-bond donors (Lipinski definition) is 1. The van der Waals surface area contributed by atoms with Gasteiger partial charge in [0, 0.05) is 11.4 Å². The van der Waals surface area contributed by atoms with E-state index in [-0.39, 0.29) is 22.5 Å². The van der Waals surface area contributed by atoms with E-state index in [2.05, 4.69) is 13.8 Å². The van der Waals surface area contributed by atoms with Gasteiger partial charge in [-0.2, -0.15) is 0 Å². The molecule has 4 fully saturated rings. The Labute approximate surface area is 153 Å². The number of ketones is 1. The number of hydrogen-bond acceptors (Lipinski definition) is 2. The van der Waals surface area contributed by atoms with Crippen LogP contribution < -0.4 is 0 Å². The maximum atomic E-state index is 12.4. The molecule has 4 saturated carbocycles. The Morgan fingerprint density at radius 3 is 2.50 bits per heavy atom. The Bertz CT molecular complexity index is 678. The second-order valence-corrected chi connectivity index (χ2v) is 9.92. The van der Waals surface area contributed by atoms with E-state index in [1.165, 1.54) is 0 Å². The van der Waals surface area contributed by atoms with Crippen molar-refractivity contribution in [2.75, 3.05) is 0 Å². The number of Topliss-reactive ketones (excluding diaryl/α,β-unsaturated/α-hetero) is 1. The van der Waals surface area contributed by atoms with Crippen molar-refractivity contribution in [3.05, 3.63) is 0 Å². The highest BCUT2D eigenvalue weighted by molar-refractivity contribution is 5.79. The normalized spacial score (nSPS) is 63.0. The molecule has 136 valence electrons. The Balaban J connectivity index is 1.61. The molecular formula is C22H36O2. The summed E-state index contributed by atoms with van der Waals surface area (Å²) in [6.07, 6.45) is 7.16. The zero-order valence-corrected chi connectivity index (χ0v) is 15.5. The van der Waals surface area contributed by atoms with Gasteiger partial charge < -0.3 is 5.11 Å². The van der Waals surface area contributed by atoms with Gasteiger partial charge in [0.05, 0.1) is 5.60 Å². The molecule has 1 N–H and O–H groups in total. The van der Waals surface area contributed by atoms with Crippen LogP contribution in [-0.2, 0) is 4.79 Å². The van der Waals surface area contributed by atoms with Crippen molar-refractivity contribution in [1.82, 2.24) is 0 Å². The summed E-state index contributed by atoms with van der Waals surface area (Å²) in [4.78, 5) is 12.4. The Hall–Kier alpha value is -0.370. The van der Waals surface area contributed by atoms with Gasteiger partial charge in [-0.25, -0.2) is 0 Å². The van der Waals surface area contributed by atoms with Crippen LogP contribution in [0.2, 0.25) is 0 Å². The van der Waals surface area contributed by atoms with E-state index < -0.39 is 18.3 Å². The summed E-state index contributed by atoms with van der Waals surface area (Å²) in [6.45, 7) is 3.82. The van der Waals surface area contributed by atoms with Crippen LogP contribution in [-0.4, -0.2) is 16.5 Å². The van der Waals surface area contributed by atoms with Gasteiger partial charge in [0.2, 0.25) is 0 Å². The average molecular weight is 337 g/mol. The number of carbonyl (C=O) groups excluding carboxylic acids is 1. The van der Waals surface area contributed by atoms with Crippen LogP contribution in [0.5, 0.6) is 0 Å². The smallest absolute Gasteiger partial charge is 0.133 e. The number of rotatable bonds is 1. The predicted molar refractivity (Wildman–Crippen MR) is 96.5 cm³/mol. The molecule has 0 bridgehead atoms. The maximum absolute atomic E-state index is 12.4. The van der Waals surface area contributed by atoms with Gasteiger partial charge >= 0.3 is 0 Å². The molecule has 0 unspecified atom stereocenters. The molecular weight excluding hydrogens is 296 g/mol. The van der Waals surface area contributed by atoms with Gasteiger partial charge in [-0.15, -0.1) is 0 Å². The molecule has 2 nitrogen and oxygen atoms in total. The highest BCUT2D eigenvalue weighted by Gasteiger charge is 2.61. The maximum Gasteiger partial charge on any atom is 0.133 e. The second kappa shape index (κ2) is 5.32. The van der Waals surface area contributed by atoms with Crippen LogP contribution in [0, 0.1) is 40.4 Å². The minimum atomic E-state index is -2.31. The lowest BCUT2D eigenvalue weighted by atomic mass is 9.44. The topological polar surface area (TPSA) is 37.3 Å². The van der Waals surface area contributed by atoms with E-state index >= 15 is 0 Å². The fraction of sp³-hybridized carbons (Fsp3) is 0.955. The fourth-order valence-electron chi connectivity index (χ4n) is 7.64. The number of aliphatic hydroxyl groups is 1. The van der Waals surface area contributed by atoms with Gasteiger partial charge in [0.25, 0.3) is 0 Å². The molecule has 0 radical (unpaired) electrons. The first-order valence-electron chi connectivity index (χ1n) is 12.0. The van der Waals surface area contributed by atoms with Crippen LogP contribution >= 0.6 is 0 Å². The Morgan fingerprint density at radius 2 is 1.79 bits per heavy atom. The minimum Gasteiger partial charge on any atom is -0.390 e. The number of carbonyl (C=O) groups is 1. The lowest BCUT2D eigenvalue weighted by Crippen LogP contribution is -2.55. The quantitative estimate of drug-likeness (QED) is 0.733. The molecule has 0 amide bonds. The first-order chi connectivity index (χ1) is 12.8. The number of fused-ring (bicyclic) bond motifs is 5. The van der Waals surface area contributed by atoms with Gasteiger partial charge in [-0.1, -0.05) is 13.8 Å². The van der Waals surface area contributed by atoms with Crippen molar-refractivity contribution < 1.29 is 15.4 Å². The van der Waals surface area contributed by atoms with Crippen molar-refractivity contribution in [2.24, 2.45) is 40.4 Å². The fourth-order valence-corrected chi connectivity index (χ4v) is 7.64. The predicted octanol–water partition coefficient (Wildman–Crippen LogP) is 4.99. The molecule has 0 heterocycles. The first kappa shape index (κ1) is 12.9. The SMILES string of the molecule is [2H]C([2H])([2H])[C@@]1(O)CC[C@@]2(C)[C@@H](CC[C@@H]3[C@@H]2CC[C@@]2(C)[C@H]3CC[C@]2([2H])C(C)=O)C1. The van der Waals surface area contributed by atoms with Crippen LogP contribution in [0.25, 0.3) is 0 Å². The summed E-state index contributed by atoms with van der Waals surface area (Å²) in [5, 5.41) is 10.9. The first-order valence-corrected chi connectivity index (χ1v) is 10.0. The summed E-state index contributed by atoms with van der Waals surface area (Å²) in [5.41, 5.74) is -1.69. The van der Waals surface area contributed by atoms with E-state index in [1.54, 1.807) is 6.92 Å². The van der Waals surface area contributed by atoms with E-state index in [9.17, 15) is 9.90 Å². The molecule has 8 atom stereocenters. The molecule has 4 rings (SSSR count). The highest BCUT2D eigenvalue weighted by atomic mass is 16.3. The third kappa shape index (κ3) is 2.27. The van der Waals surface area contributed by atoms with Crippen molar-refractivity contribution in [1.29, 1.82) is 0 Å². The molecule has 0 aromatic carbocycles. The van der Waals surface area contributed by atoms with Gasteiger partial charge in [-0.05, 0) is 106 Å². The largest absolute Gasteiger partial charge is 0.390 e. The van der Waals surface area contributed by atoms with Crippen LogP contribution in [0.4, 0.5) is 0 Å². The van der Waals surface area contributed by atoms with Crippen molar-refractivity contribution in [2.45, 2.75) is 91.0 Å². The van der Waals surface area contributed by atoms with E-state index in [1.807, 2.05) is 0 Å². The standard InChI is InChI=1S/C22H36O2/c1-14(23)17-7-8-18-16-6-5-15-13-20(2,24)11-12-21(15,3)19(16)9-10-22(17,18)4/h15-19,24H,5-13H2,1-4H3/t15-,16-,17+,18-,19-,20+,21-,22+/m0/s1/i2D3,17D. The van der Waals surface area contributed by atoms with Crippen LogP contribution in [0.15, 0.2) is 0 Å². The summed E-state index contributed by atoms with van der Waals surface area (Å²) in [5.74, 6) is 0.830. The molecule has 0 aromatic rings. The van der Waals surface area contributed by atoms with Gasteiger partial charge in [0.1, 0.15) is 5.78 Å². The highest BCUT2D eigenvalue weighted by Crippen LogP contribution is 2.68. The molecule has 2 heteroatoms. The molecule has 0 spiro atoms. The lowest BCUT2D eigenvalue weighted by molar-refractivity contribution is -0.150. The molecule has 0 aliphatic heterocycles. The third-order valence-corrected chi connectivity index (χ3v) is 8.94. The van der Waals surface area contributed by atoms with Crippen LogP contribution in [0.1, 0.15) is 90.9 Å². The van der Waals surface area contributed by atoms with Gasteiger partial charge in [-0.3, -0.25) is 4.79 Å². The van der Waals surface area contributed by atoms with Gasteiger partial charge in [0.15, 0.2) is 0 Å². The zero-order chi connectivity index (χ0) is 20.8. The third-order valence-electron chi connectivity index (χ3n) is 8.94. The van der Waals surface area contributed by atoms with Crippen molar-refractivity contribution >= 4 is 5.78 Å². The molecule has 4 aliphatic carbocycles. The van der Waals surface area contributed by atoms with Crippen LogP contribution in [0.3, 0.4) is 0 Å². The Kier molecular flexibility index (Phi) is 2.86. The Morgan fingerprint density at radius 1 is 1.04 bits per heavy atom. The molecule has 4 aliphatic rings. The summed E-state index contributed by atoms with van der Waals surface area (Å²) >= 11 is 0. The minimum absolute atomic E-state index is 0.0243. The summed E-state index contributed by atoms with van der Waals surface area (Å²) in [6, 6.07) is 0. The van der Waals surface area contributed by atoms with E-state index in [4.69, 9.17) is 5.48 Å². The second-order valence-electron chi connectivity index (χ2n) is 9.92. The average Bonchev–Trinajstić information content (AvgIpc) is 2.87. The monoisotopic (exact) mass is 336 g/mol. The molecule has 24 heavy (non-hydrogen) atoms. The lowest BCUT2D eigenvalue weighted by Gasteiger charge is -2.61. The van der Waals surface area contributed by atoms with E-state index in [0.717, 1.165) is 38.5 Å². The zero-order valence-electron chi connectivity index (χ0n) is 19.5. The summed E-state index contributed by atoms with van der Waals surface area (Å²) < 4.78 is 32.4. The molecule has 0 aromatic heterocycles.